The van der Waals surface area contributed by atoms with E-state index in [1.54, 1.807) is 17.1 Å². The molecule has 19 heavy (non-hydrogen) atoms. The molecule has 0 aromatic carbocycles. The fraction of sp³-hybridized carbons (Fsp3) is 0.429. The highest BCUT2D eigenvalue weighted by Gasteiger charge is 2.23. The Hall–Kier alpha value is -1.88. The van der Waals surface area contributed by atoms with Gasteiger partial charge in [-0.05, 0) is 31.9 Å². The van der Waals surface area contributed by atoms with Crippen molar-refractivity contribution in [2.45, 2.75) is 32.4 Å². The van der Waals surface area contributed by atoms with Gasteiger partial charge in [0, 0.05) is 25.8 Å². The molecular weight excluding hydrogens is 240 g/mol. The molecule has 100 valence electrons. The molecule has 0 unspecified atom stereocenters. The van der Waals surface area contributed by atoms with Gasteiger partial charge in [-0.15, -0.1) is 0 Å². The number of hydrogen-bond donors (Lipinski definition) is 1. The fourth-order valence-electron chi connectivity index (χ4n) is 2.06. The first-order valence-electron chi connectivity index (χ1n) is 6.58. The monoisotopic (exact) mass is 258 g/mol. The molecule has 2 aromatic rings. The Kier molecular flexibility index (Phi) is 3.21. The minimum atomic E-state index is 0.672. The van der Waals surface area contributed by atoms with E-state index in [0.29, 0.717) is 6.04 Å². The van der Waals surface area contributed by atoms with E-state index in [1.807, 2.05) is 26.1 Å². The largest absolute Gasteiger partial charge is 0.437 e. The van der Waals surface area contributed by atoms with Crippen molar-refractivity contribution in [1.82, 2.24) is 20.1 Å². The molecule has 0 saturated heterocycles. The van der Waals surface area contributed by atoms with Gasteiger partial charge in [-0.2, -0.15) is 5.10 Å². The number of aryl methyl sites for hydroxylation is 2. The van der Waals surface area contributed by atoms with Gasteiger partial charge in [-0.25, -0.2) is 4.68 Å². The van der Waals surface area contributed by atoms with Crippen molar-refractivity contribution in [2.75, 3.05) is 0 Å². The zero-order valence-corrected chi connectivity index (χ0v) is 11.3. The molecule has 1 aliphatic rings. The molecule has 5 heteroatoms. The smallest absolute Gasteiger partial charge is 0.222 e. The molecule has 1 saturated carbocycles. The Morgan fingerprint density at radius 3 is 3.00 bits per heavy atom. The number of nitrogens with zero attached hydrogens (tertiary/aromatic N) is 3. The van der Waals surface area contributed by atoms with Crippen molar-refractivity contribution >= 4 is 0 Å². The van der Waals surface area contributed by atoms with Gasteiger partial charge < -0.3 is 10.1 Å². The summed E-state index contributed by atoms with van der Waals surface area (Å²) in [5.41, 5.74) is 2.13. The summed E-state index contributed by atoms with van der Waals surface area (Å²) >= 11 is 0. The molecule has 5 nitrogen and oxygen atoms in total. The van der Waals surface area contributed by atoms with Crippen LogP contribution in [0.15, 0.2) is 24.5 Å². The average Bonchev–Trinajstić information content (AvgIpc) is 3.18. The molecule has 2 aromatic heterocycles. The maximum absolute atomic E-state index is 5.91. The van der Waals surface area contributed by atoms with Crippen molar-refractivity contribution in [1.29, 1.82) is 0 Å². The van der Waals surface area contributed by atoms with Gasteiger partial charge in [0.05, 0.1) is 17.5 Å². The van der Waals surface area contributed by atoms with Crippen LogP contribution >= 0.6 is 0 Å². The molecule has 0 bridgehead atoms. The van der Waals surface area contributed by atoms with Crippen LogP contribution in [0.4, 0.5) is 0 Å². The summed E-state index contributed by atoms with van der Waals surface area (Å²) in [4.78, 5) is 4.06. The first-order chi connectivity index (χ1) is 9.24. The van der Waals surface area contributed by atoms with Crippen LogP contribution in [0, 0.1) is 6.92 Å². The van der Waals surface area contributed by atoms with Crippen molar-refractivity contribution in [3.05, 3.63) is 35.8 Å². The lowest BCUT2D eigenvalue weighted by atomic mass is 10.2. The second-order valence-corrected chi connectivity index (χ2v) is 4.94. The van der Waals surface area contributed by atoms with E-state index in [9.17, 15) is 0 Å². The van der Waals surface area contributed by atoms with E-state index in [4.69, 9.17) is 4.74 Å². The van der Waals surface area contributed by atoms with Gasteiger partial charge in [0.15, 0.2) is 0 Å². The second-order valence-electron chi connectivity index (χ2n) is 4.94. The molecule has 0 spiro atoms. The molecule has 1 N–H and O–H groups in total. The molecule has 3 rings (SSSR count). The van der Waals surface area contributed by atoms with Gasteiger partial charge >= 0.3 is 0 Å². The first kappa shape index (κ1) is 12.2. The summed E-state index contributed by atoms with van der Waals surface area (Å²) in [5, 5.41) is 7.94. The van der Waals surface area contributed by atoms with Gasteiger partial charge in [-0.3, -0.25) is 4.98 Å². The normalized spacial score (nSPS) is 14.6. The predicted octanol–water partition coefficient (Wildman–Crippen LogP) is 2.17. The molecule has 0 aliphatic heterocycles. The van der Waals surface area contributed by atoms with Crippen molar-refractivity contribution in [2.24, 2.45) is 7.05 Å². The van der Waals surface area contributed by atoms with Crippen LogP contribution in [0.25, 0.3) is 0 Å². The lowest BCUT2D eigenvalue weighted by Gasteiger charge is -2.09. The number of aromatic nitrogens is 3. The molecule has 0 radical (unpaired) electrons. The molecule has 1 fully saturated rings. The molecule has 0 atom stereocenters. The Morgan fingerprint density at radius 2 is 2.32 bits per heavy atom. The zero-order chi connectivity index (χ0) is 13.2. The third-order valence-corrected chi connectivity index (χ3v) is 3.28. The Labute approximate surface area is 112 Å². The highest BCUT2D eigenvalue weighted by molar-refractivity contribution is 5.34. The number of ether oxygens (including phenoxy) is 1. The van der Waals surface area contributed by atoms with Gasteiger partial charge in [0.1, 0.15) is 5.75 Å². The number of hydrogen-bond acceptors (Lipinski definition) is 4. The second kappa shape index (κ2) is 5.01. The third-order valence-electron chi connectivity index (χ3n) is 3.28. The summed E-state index contributed by atoms with van der Waals surface area (Å²) in [7, 11) is 1.90. The maximum atomic E-state index is 5.91. The van der Waals surface area contributed by atoms with E-state index in [1.165, 1.54) is 12.8 Å². The Balaban J connectivity index is 1.82. The number of rotatable bonds is 5. The summed E-state index contributed by atoms with van der Waals surface area (Å²) in [6.45, 7) is 2.82. The minimum Gasteiger partial charge on any atom is -0.437 e. The van der Waals surface area contributed by atoms with Crippen LogP contribution in [-0.4, -0.2) is 20.8 Å². The average molecular weight is 258 g/mol. The van der Waals surface area contributed by atoms with E-state index in [0.717, 1.165) is 29.4 Å². The summed E-state index contributed by atoms with van der Waals surface area (Å²) in [5.74, 6) is 1.52. The van der Waals surface area contributed by atoms with E-state index in [2.05, 4.69) is 15.4 Å². The predicted molar refractivity (Wildman–Crippen MR) is 72.1 cm³/mol. The van der Waals surface area contributed by atoms with Gasteiger partial charge in [-0.1, -0.05) is 0 Å². The third kappa shape index (κ3) is 2.76. The first-order valence-corrected chi connectivity index (χ1v) is 6.58. The Morgan fingerprint density at radius 1 is 1.47 bits per heavy atom. The van der Waals surface area contributed by atoms with Crippen molar-refractivity contribution in [3.63, 3.8) is 0 Å². The quantitative estimate of drug-likeness (QED) is 0.893. The molecule has 1 aliphatic carbocycles. The van der Waals surface area contributed by atoms with E-state index in [-0.39, 0.29) is 0 Å². The summed E-state index contributed by atoms with van der Waals surface area (Å²) < 4.78 is 7.70. The van der Waals surface area contributed by atoms with Gasteiger partial charge in [0.2, 0.25) is 5.88 Å². The highest BCUT2D eigenvalue weighted by atomic mass is 16.5. The van der Waals surface area contributed by atoms with Crippen molar-refractivity contribution in [3.8, 4) is 11.6 Å². The van der Waals surface area contributed by atoms with Crippen LogP contribution in [0.2, 0.25) is 0 Å². The Bertz CT molecular complexity index is 560. The van der Waals surface area contributed by atoms with Crippen LogP contribution in [-0.2, 0) is 13.6 Å². The topological polar surface area (TPSA) is 52.0 Å². The van der Waals surface area contributed by atoms with Crippen molar-refractivity contribution < 1.29 is 4.74 Å². The van der Waals surface area contributed by atoms with Gasteiger partial charge in [0.25, 0.3) is 0 Å². The SMILES string of the molecule is Cc1nn(C)c(Oc2cccnc2)c1CNC1CC1. The molecular formula is C14H18N4O. The minimum absolute atomic E-state index is 0.672. The number of pyridine rings is 1. The van der Waals surface area contributed by atoms with E-state index >= 15 is 0 Å². The fourth-order valence-corrected chi connectivity index (χ4v) is 2.06. The van der Waals surface area contributed by atoms with Crippen LogP contribution in [0.5, 0.6) is 11.6 Å². The van der Waals surface area contributed by atoms with Crippen LogP contribution in [0.3, 0.4) is 0 Å². The van der Waals surface area contributed by atoms with Crippen LogP contribution < -0.4 is 10.1 Å². The standard InChI is InChI=1S/C14H18N4O/c1-10-13(9-16-11-5-6-11)14(18(2)17-10)19-12-4-3-7-15-8-12/h3-4,7-8,11,16H,5-6,9H2,1-2H3. The van der Waals surface area contributed by atoms with Crippen LogP contribution in [0.1, 0.15) is 24.1 Å². The number of nitrogens with one attached hydrogen (secondary N) is 1. The lowest BCUT2D eigenvalue weighted by Crippen LogP contribution is -2.16. The maximum Gasteiger partial charge on any atom is 0.222 e. The lowest BCUT2D eigenvalue weighted by molar-refractivity contribution is 0.422. The molecule has 2 heterocycles. The molecule has 0 amide bonds. The van der Waals surface area contributed by atoms with E-state index < -0.39 is 0 Å². The zero-order valence-electron chi connectivity index (χ0n) is 11.3. The summed E-state index contributed by atoms with van der Waals surface area (Å²) in [6.07, 6.45) is 5.99. The highest BCUT2D eigenvalue weighted by Crippen LogP contribution is 2.28. The summed E-state index contributed by atoms with van der Waals surface area (Å²) in [6, 6.07) is 4.43.